The molecule has 0 fully saturated rings. The summed E-state index contributed by atoms with van der Waals surface area (Å²) in [5.74, 6) is -0.290. The molecular weight excluding hydrogens is 293 g/mol. The third-order valence-corrected chi connectivity index (χ3v) is 3.32. The lowest BCUT2D eigenvalue weighted by molar-refractivity contribution is 0.431. The van der Waals surface area contributed by atoms with Gasteiger partial charge in [0.15, 0.2) is 17.5 Å². The van der Waals surface area contributed by atoms with Crippen LogP contribution in [0, 0.1) is 12.7 Å². The first-order valence-electron chi connectivity index (χ1n) is 7.63. The quantitative estimate of drug-likeness (QED) is 0.587. The Balaban J connectivity index is 1.99. The van der Waals surface area contributed by atoms with Crippen LogP contribution < -0.4 is 10.6 Å². The van der Waals surface area contributed by atoms with Crippen LogP contribution in [0.2, 0.25) is 0 Å². The molecular formula is C18H22FN3O. The first kappa shape index (κ1) is 16.8. The predicted molar refractivity (Wildman–Crippen MR) is 90.9 cm³/mol. The SMILES string of the molecule is CCNC(=NCc1cccc(C)c1)NCc1ccc(O)c(F)c1. The molecule has 2 rings (SSSR count). The summed E-state index contributed by atoms with van der Waals surface area (Å²) in [5, 5.41) is 15.5. The van der Waals surface area contributed by atoms with Crippen LogP contribution >= 0.6 is 0 Å². The number of phenolic OH excluding ortho intramolecular Hbond substituents is 1. The number of hydrogen-bond acceptors (Lipinski definition) is 2. The molecule has 3 N–H and O–H groups in total. The summed E-state index contributed by atoms with van der Waals surface area (Å²) in [4.78, 5) is 4.53. The molecule has 23 heavy (non-hydrogen) atoms. The Hall–Kier alpha value is -2.56. The van der Waals surface area contributed by atoms with Gasteiger partial charge in [0.2, 0.25) is 0 Å². The van der Waals surface area contributed by atoms with Crippen LogP contribution in [0.5, 0.6) is 5.75 Å². The van der Waals surface area contributed by atoms with Gasteiger partial charge in [-0.15, -0.1) is 0 Å². The number of nitrogens with one attached hydrogen (secondary N) is 2. The summed E-state index contributed by atoms with van der Waals surface area (Å²) in [6, 6.07) is 12.5. The molecule has 5 heteroatoms. The molecule has 0 saturated heterocycles. The molecule has 4 nitrogen and oxygen atoms in total. The van der Waals surface area contributed by atoms with E-state index in [1.165, 1.54) is 17.7 Å². The highest BCUT2D eigenvalue weighted by Crippen LogP contribution is 2.15. The van der Waals surface area contributed by atoms with Gasteiger partial charge in [0, 0.05) is 13.1 Å². The Labute approximate surface area is 136 Å². The lowest BCUT2D eigenvalue weighted by Crippen LogP contribution is -2.36. The van der Waals surface area contributed by atoms with Crippen molar-refractivity contribution in [3.05, 3.63) is 65.0 Å². The van der Waals surface area contributed by atoms with Crippen molar-refractivity contribution in [1.29, 1.82) is 0 Å². The molecule has 0 unspecified atom stereocenters. The van der Waals surface area contributed by atoms with Gasteiger partial charge in [-0.25, -0.2) is 9.38 Å². The largest absolute Gasteiger partial charge is 0.505 e. The molecule has 0 heterocycles. The molecule has 0 amide bonds. The third kappa shape index (κ3) is 5.29. The van der Waals surface area contributed by atoms with Gasteiger partial charge >= 0.3 is 0 Å². The van der Waals surface area contributed by atoms with E-state index >= 15 is 0 Å². The van der Waals surface area contributed by atoms with Crippen molar-refractivity contribution < 1.29 is 9.50 Å². The molecule has 2 aromatic carbocycles. The number of rotatable bonds is 5. The minimum absolute atomic E-state index is 0.339. The average Bonchev–Trinajstić information content (AvgIpc) is 2.53. The number of benzene rings is 2. The Kier molecular flexibility index (Phi) is 5.97. The molecule has 0 atom stereocenters. The van der Waals surface area contributed by atoms with Gasteiger partial charge < -0.3 is 15.7 Å². The number of halogens is 1. The highest BCUT2D eigenvalue weighted by atomic mass is 19.1. The summed E-state index contributed by atoms with van der Waals surface area (Å²) < 4.78 is 13.3. The number of phenols is 1. The van der Waals surface area contributed by atoms with Gasteiger partial charge in [-0.1, -0.05) is 35.9 Å². The van der Waals surface area contributed by atoms with Crippen LogP contribution in [0.3, 0.4) is 0 Å². The first-order valence-corrected chi connectivity index (χ1v) is 7.63. The van der Waals surface area contributed by atoms with E-state index in [4.69, 9.17) is 0 Å². The fraction of sp³-hybridized carbons (Fsp3) is 0.278. The lowest BCUT2D eigenvalue weighted by Gasteiger charge is -2.12. The summed E-state index contributed by atoms with van der Waals surface area (Å²) in [7, 11) is 0. The normalized spacial score (nSPS) is 11.3. The number of hydrogen-bond donors (Lipinski definition) is 3. The number of guanidine groups is 1. The fourth-order valence-electron chi connectivity index (χ4n) is 2.17. The van der Waals surface area contributed by atoms with Crippen molar-refractivity contribution in [1.82, 2.24) is 10.6 Å². The van der Waals surface area contributed by atoms with Crippen molar-refractivity contribution in [2.75, 3.05) is 6.54 Å². The standard InChI is InChI=1S/C18H22FN3O/c1-3-20-18(21-11-14-6-4-5-13(2)9-14)22-12-15-7-8-17(23)16(19)10-15/h4-10,23H,3,11-12H2,1-2H3,(H2,20,21,22). The summed E-state index contributed by atoms with van der Waals surface area (Å²) >= 11 is 0. The first-order chi connectivity index (χ1) is 11.1. The minimum Gasteiger partial charge on any atom is -0.505 e. The highest BCUT2D eigenvalue weighted by Gasteiger charge is 2.03. The Bertz CT molecular complexity index is 686. The fourth-order valence-corrected chi connectivity index (χ4v) is 2.17. The van der Waals surface area contributed by atoms with E-state index in [0.717, 1.165) is 17.7 Å². The maximum atomic E-state index is 13.3. The van der Waals surface area contributed by atoms with Gasteiger partial charge in [0.1, 0.15) is 0 Å². The van der Waals surface area contributed by atoms with Crippen LogP contribution in [0.1, 0.15) is 23.6 Å². The molecule has 0 spiro atoms. The van der Waals surface area contributed by atoms with Crippen LogP contribution in [0.4, 0.5) is 4.39 Å². The molecule has 0 saturated carbocycles. The Morgan fingerprint density at radius 3 is 2.65 bits per heavy atom. The molecule has 0 aliphatic rings. The molecule has 2 aromatic rings. The number of nitrogens with zero attached hydrogens (tertiary/aromatic N) is 1. The van der Waals surface area contributed by atoms with Gasteiger partial charge in [0.05, 0.1) is 6.54 Å². The third-order valence-electron chi connectivity index (χ3n) is 3.32. The van der Waals surface area contributed by atoms with Gasteiger partial charge in [0.25, 0.3) is 0 Å². The maximum Gasteiger partial charge on any atom is 0.191 e. The van der Waals surface area contributed by atoms with Crippen LogP contribution in [0.15, 0.2) is 47.5 Å². The zero-order chi connectivity index (χ0) is 16.7. The molecule has 0 aliphatic carbocycles. The molecule has 0 radical (unpaired) electrons. The second-order valence-corrected chi connectivity index (χ2v) is 5.32. The van der Waals surface area contributed by atoms with E-state index in [1.54, 1.807) is 6.07 Å². The van der Waals surface area contributed by atoms with Crippen molar-refractivity contribution >= 4 is 5.96 Å². The van der Waals surface area contributed by atoms with Crippen LogP contribution in [-0.4, -0.2) is 17.6 Å². The molecule has 0 bridgehead atoms. The number of aliphatic imine (C=N–C) groups is 1. The van der Waals surface area contributed by atoms with E-state index in [2.05, 4.69) is 34.7 Å². The van der Waals surface area contributed by atoms with E-state index in [1.807, 2.05) is 19.1 Å². The summed E-state index contributed by atoms with van der Waals surface area (Å²) in [6.45, 7) is 5.78. The second-order valence-electron chi connectivity index (χ2n) is 5.32. The van der Waals surface area contributed by atoms with E-state index < -0.39 is 5.82 Å². The minimum atomic E-state index is -0.619. The Morgan fingerprint density at radius 2 is 1.96 bits per heavy atom. The topological polar surface area (TPSA) is 56.7 Å². The number of aryl methyl sites for hydroxylation is 1. The van der Waals surface area contributed by atoms with Crippen LogP contribution in [0.25, 0.3) is 0 Å². The van der Waals surface area contributed by atoms with E-state index in [0.29, 0.717) is 19.0 Å². The average molecular weight is 315 g/mol. The summed E-state index contributed by atoms with van der Waals surface area (Å²) in [6.07, 6.45) is 0. The molecule has 122 valence electrons. The smallest absolute Gasteiger partial charge is 0.191 e. The Morgan fingerprint density at radius 1 is 1.13 bits per heavy atom. The van der Waals surface area contributed by atoms with Crippen molar-refractivity contribution in [3.8, 4) is 5.75 Å². The lowest BCUT2D eigenvalue weighted by atomic mass is 10.1. The van der Waals surface area contributed by atoms with E-state index in [-0.39, 0.29) is 5.75 Å². The van der Waals surface area contributed by atoms with Crippen molar-refractivity contribution in [3.63, 3.8) is 0 Å². The number of aromatic hydroxyl groups is 1. The molecule has 0 aromatic heterocycles. The van der Waals surface area contributed by atoms with Gasteiger partial charge in [-0.2, -0.15) is 0 Å². The van der Waals surface area contributed by atoms with Crippen LogP contribution in [-0.2, 0) is 13.1 Å². The zero-order valence-electron chi connectivity index (χ0n) is 13.4. The zero-order valence-corrected chi connectivity index (χ0v) is 13.4. The molecule has 0 aliphatic heterocycles. The van der Waals surface area contributed by atoms with Gasteiger partial charge in [-0.3, -0.25) is 0 Å². The second kappa shape index (κ2) is 8.17. The predicted octanol–water partition coefficient (Wildman–Crippen LogP) is 3.10. The van der Waals surface area contributed by atoms with Gasteiger partial charge in [-0.05, 0) is 37.1 Å². The van der Waals surface area contributed by atoms with Crippen molar-refractivity contribution in [2.45, 2.75) is 26.9 Å². The highest BCUT2D eigenvalue weighted by molar-refractivity contribution is 5.79. The monoisotopic (exact) mass is 315 g/mol. The van der Waals surface area contributed by atoms with E-state index in [9.17, 15) is 9.50 Å². The summed E-state index contributed by atoms with van der Waals surface area (Å²) in [5.41, 5.74) is 3.08. The maximum absolute atomic E-state index is 13.3. The van der Waals surface area contributed by atoms with Crippen molar-refractivity contribution in [2.24, 2.45) is 4.99 Å².